The van der Waals surface area contributed by atoms with Crippen LogP contribution in [0.4, 0.5) is 4.79 Å². The SMILES string of the molecule is C=C1CCN(CC2=CCC(Cl)C=C2)C(=O)N1C. The van der Waals surface area contributed by atoms with Crippen LogP contribution in [0.3, 0.4) is 0 Å². The molecule has 92 valence electrons. The molecule has 0 radical (unpaired) electrons. The molecule has 1 saturated heterocycles. The van der Waals surface area contributed by atoms with Crippen molar-refractivity contribution in [1.82, 2.24) is 9.80 Å². The summed E-state index contributed by atoms with van der Waals surface area (Å²) in [7, 11) is 1.77. The van der Waals surface area contributed by atoms with Gasteiger partial charge >= 0.3 is 6.03 Å². The van der Waals surface area contributed by atoms with E-state index in [0.717, 1.165) is 30.7 Å². The summed E-state index contributed by atoms with van der Waals surface area (Å²) in [6, 6.07) is 0.0311. The highest BCUT2D eigenvalue weighted by Gasteiger charge is 2.25. The van der Waals surface area contributed by atoms with Gasteiger partial charge in [-0.2, -0.15) is 0 Å². The van der Waals surface area contributed by atoms with Crippen molar-refractivity contribution < 1.29 is 4.79 Å². The predicted molar refractivity (Wildman–Crippen MR) is 70.0 cm³/mol. The number of allylic oxidation sites excluding steroid dienone is 2. The fraction of sp³-hybridized carbons (Fsp3) is 0.462. The molecule has 0 saturated carbocycles. The number of amides is 2. The van der Waals surface area contributed by atoms with Gasteiger partial charge in [0.25, 0.3) is 0 Å². The van der Waals surface area contributed by atoms with E-state index in [2.05, 4.69) is 12.7 Å². The molecule has 2 amide bonds. The molecule has 0 aromatic rings. The lowest BCUT2D eigenvalue weighted by molar-refractivity contribution is 0.163. The second-order valence-corrected chi connectivity index (χ2v) is 5.03. The molecule has 0 bridgehead atoms. The van der Waals surface area contributed by atoms with Gasteiger partial charge in [0.15, 0.2) is 0 Å². The number of alkyl halides is 1. The Morgan fingerprint density at radius 1 is 1.59 bits per heavy atom. The Kier molecular flexibility index (Phi) is 3.57. The van der Waals surface area contributed by atoms with E-state index in [4.69, 9.17) is 11.6 Å². The van der Waals surface area contributed by atoms with Crippen molar-refractivity contribution in [3.63, 3.8) is 0 Å². The molecule has 1 heterocycles. The standard InChI is InChI=1S/C13H17ClN2O/c1-10-7-8-16(13(17)15(10)2)9-11-3-5-12(14)6-4-11/h3-5,12H,1,6-9H2,2H3. The summed E-state index contributed by atoms with van der Waals surface area (Å²) < 4.78 is 0. The first-order valence-corrected chi connectivity index (χ1v) is 6.23. The van der Waals surface area contributed by atoms with Crippen LogP contribution in [0.1, 0.15) is 12.8 Å². The summed E-state index contributed by atoms with van der Waals surface area (Å²) in [4.78, 5) is 15.5. The third-order valence-electron chi connectivity index (χ3n) is 3.20. The zero-order valence-corrected chi connectivity index (χ0v) is 10.8. The number of halogens is 1. The van der Waals surface area contributed by atoms with Crippen LogP contribution in [0.5, 0.6) is 0 Å². The van der Waals surface area contributed by atoms with E-state index in [9.17, 15) is 4.79 Å². The quantitative estimate of drug-likeness (QED) is 0.694. The van der Waals surface area contributed by atoms with E-state index in [0.29, 0.717) is 6.54 Å². The van der Waals surface area contributed by atoms with Crippen molar-refractivity contribution in [2.24, 2.45) is 0 Å². The van der Waals surface area contributed by atoms with Gasteiger partial charge in [0.05, 0.1) is 5.38 Å². The third kappa shape index (κ3) is 2.72. The molecule has 1 aliphatic carbocycles. The van der Waals surface area contributed by atoms with E-state index in [1.807, 2.05) is 17.1 Å². The summed E-state index contributed by atoms with van der Waals surface area (Å²) in [5.41, 5.74) is 2.05. The summed E-state index contributed by atoms with van der Waals surface area (Å²) >= 11 is 5.96. The van der Waals surface area contributed by atoms with Crippen LogP contribution in [0, 0.1) is 0 Å². The van der Waals surface area contributed by atoms with Crippen LogP contribution in [0.2, 0.25) is 0 Å². The minimum Gasteiger partial charge on any atom is -0.320 e. The topological polar surface area (TPSA) is 23.6 Å². The smallest absolute Gasteiger partial charge is 0.320 e. The van der Waals surface area contributed by atoms with Crippen molar-refractivity contribution in [2.45, 2.75) is 18.2 Å². The van der Waals surface area contributed by atoms with E-state index in [-0.39, 0.29) is 11.4 Å². The van der Waals surface area contributed by atoms with Gasteiger partial charge in [0, 0.05) is 32.3 Å². The summed E-state index contributed by atoms with van der Waals surface area (Å²) in [6.07, 6.45) is 7.79. The molecule has 1 aliphatic heterocycles. The van der Waals surface area contributed by atoms with Crippen LogP contribution >= 0.6 is 11.6 Å². The lowest BCUT2D eigenvalue weighted by Gasteiger charge is -2.35. The number of hydrogen-bond acceptors (Lipinski definition) is 1. The van der Waals surface area contributed by atoms with Gasteiger partial charge in [0.2, 0.25) is 0 Å². The predicted octanol–water partition coefficient (Wildman–Crippen LogP) is 2.75. The molecule has 0 spiro atoms. The van der Waals surface area contributed by atoms with Crippen LogP contribution in [-0.2, 0) is 0 Å². The van der Waals surface area contributed by atoms with Gasteiger partial charge in [-0.05, 0) is 12.0 Å². The zero-order valence-electron chi connectivity index (χ0n) is 10.0. The molecule has 2 rings (SSSR count). The maximum atomic E-state index is 12.0. The average molecular weight is 253 g/mol. The molecule has 1 unspecified atom stereocenters. The maximum Gasteiger partial charge on any atom is 0.324 e. The first-order valence-electron chi connectivity index (χ1n) is 5.79. The van der Waals surface area contributed by atoms with Crippen molar-refractivity contribution >= 4 is 17.6 Å². The van der Waals surface area contributed by atoms with Gasteiger partial charge in [0.1, 0.15) is 0 Å². The molecule has 0 aromatic carbocycles. The van der Waals surface area contributed by atoms with Crippen molar-refractivity contribution in [3.05, 3.63) is 36.1 Å². The molecule has 2 aliphatic rings. The molecule has 0 N–H and O–H groups in total. The molecule has 0 aromatic heterocycles. The molecule has 1 atom stereocenters. The fourth-order valence-electron chi connectivity index (χ4n) is 2.00. The highest BCUT2D eigenvalue weighted by molar-refractivity contribution is 6.22. The average Bonchev–Trinajstić information content (AvgIpc) is 2.33. The van der Waals surface area contributed by atoms with Gasteiger partial charge < -0.3 is 9.80 Å². The Balaban J connectivity index is 1.98. The number of nitrogens with zero attached hydrogens (tertiary/aromatic N) is 2. The Labute approximate surface area is 107 Å². The molecular weight excluding hydrogens is 236 g/mol. The second-order valence-electron chi connectivity index (χ2n) is 4.47. The number of hydrogen-bond donors (Lipinski definition) is 0. The van der Waals surface area contributed by atoms with Crippen LogP contribution < -0.4 is 0 Å². The fourth-order valence-corrected chi connectivity index (χ4v) is 2.16. The number of carbonyl (C=O) groups excluding carboxylic acids is 1. The minimum atomic E-state index is 0.0311. The maximum absolute atomic E-state index is 12.0. The number of rotatable bonds is 2. The summed E-state index contributed by atoms with van der Waals surface area (Å²) in [6.45, 7) is 5.28. The van der Waals surface area contributed by atoms with E-state index >= 15 is 0 Å². The Morgan fingerprint density at radius 3 is 3.00 bits per heavy atom. The van der Waals surface area contributed by atoms with Crippen molar-refractivity contribution in [1.29, 1.82) is 0 Å². The summed E-state index contributed by atoms with van der Waals surface area (Å²) in [5, 5.41) is 0.0956. The highest BCUT2D eigenvalue weighted by Crippen LogP contribution is 2.20. The van der Waals surface area contributed by atoms with Crippen LogP contribution in [0.15, 0.2) is 36.1 Å². The Bertz CT molecular complexity index is 400. The highest BCUT2D eigenvalue weighted by atomic mass is 35.5. The molecule has 1 fully saturated rings. The number of carbonyl (C=O) groups is 1. The lowest BCUT2D eigenvalue weighted by Crippen LogP contribution is -2.46. The molecule has 17 heavy (non-hydrogen) atoms. The minimum absolute atomic E-state index is 0.0311. The molecular formula is C13H17ClN2O. The molecule has 3 nitrogen and oxygen atoms in total. The van der Waals surface area contributed by atoms with Crippen LogP contribution in [0.25, 0.3) is 0 Å². The Hall–Kier alpha value is -1.22. The first-order chi connectivity index (χ1) is 8.08. The normalized spacial score (nSPS) is 25.3. The van der Waals surface area contributed by atoms with E-state index in [1.54, 1.807) is 11.9 Å². The number of urea groups is 1. The van der Waals surface area contributed by atoms with Gasteiger partial charge in [-0.25, -0.2) is 4.79 Å². The lowest BCUT2D eigenvalue weighted by atomic mass is 10.1. The van der Waals surface area contributed by atoms with E-state index in [1.165, 1.54) is 0 Å². The largest absolute Gasteiger partial charge is 0.324 e. The van der Waals surface area contributed by atoms with Gasteiger partial charge in [-0.1, -0.05) is 24.8 Å². The zero-order chi connectivity index (χ0) is 12.4. The van der Waals surface area contributed by atoms with Crippen LogP contribution in [-0.4, -0.2) is 41.3 Å². The Morgan fingerprint density at radius 2 is 2.35 bits per heavy atom. The summed E-state index contributed by atoms with van der Waals surface area (Å²) in [5.74, 6) is 0. The van der Waals surface area contributed by atoms with Crippen molar-refractivity contribution in [3.8, 4) is 0 Å². The second kappa shape index (κ2) is 4.96. The molecule has 4 heteroatoms. The van der Waals surface area contributed by atoms with Crippen molar-refractivity contribution in [2.75, 3.05) is 20.1 Å². The first kappa shape index (κ1) is 12.2. The van der Waals surface area contributed by atoms with Gasteiger partial charge in [-0.3, -0.25) is 0 Å². The monoisotopic (exact) mass is 252 g/mol. The van der Waals surface area contributed by atoms with Gasteiger partial charge in [-0.15, -0.1) is 11.6 Å². The van der Waals surface area contributed by atoms with E-state index < -0.39 is 0 Å². The third-order valence-corrected chi connectivity index (χ3v) is 3.52.